The quantitative estimate of drug-likeness (QED) is 0.614. The van der Waals surface area contributed by atoms with Gasteiger partial charge in [-0.25, -0.2) is 4.98 Å². The average Bonchev–Trinajstić information content (AvgIpc) is 2.86. The minimum Gasteiger partial charge on any atom is -0.265 e. The molecule has 11 heteroatoms. The smallest absolute Gasteiger partial charge is 0.242 e. The maximum absolute atomic E-state index is 3.95. The molecule has 0 saturated heterocycles. The number of tetrazole rings is 1. The van der Waals surface area contributed by atoms with Crippen molar-refractivity contribution >= 4 is 41.2 Å². The molecular formula is C3H3N7S4. The summed E-state index contributed by atoms with van der Waals surface area (Å²) in [6.45, 7) is 0. The van der Waals surface area contributed by atoms with E-state index in [1.807, 2.05) is 0 Å². The lowest BCUT2D eigenvalue weighted by atomic mass is 11.3. The summed E-state index contributed by atoms with van der Waals surface area (Å²) < 4.78 is 0. The number of aromatic nitrogens is 7. The molecule has 2 N–H and O–H groups in total. The van der Waals surface area contributed by atoms with E-state index in [-0.39, 0.29) is 0 Å². The van der Waals surface area contributed by atoms with Gasteiger partial charge in [-0.1, -0.05) is 0 Å². The molecule has 0 radical (unpaired) electrons. The van der Waals surface area contributed by atoms with Crippen molar-refractivity contribution in [2.24, 2.45) is 0 Å². The van der Waals surface area contributed by atoms with Crippen LogP contribution in [0.4, 0.5) is 0 Å². The Kier molecular flexibility index (Phi) is 3.97. The Hall–Kier alpha value is -0.390. The molecule has 0 unspecified atom stereocenters. The summed E-state index contributed by atoms with van der Waals surface area (Å²) in [6.07, 6.45) is 1.54. The van der Waals surface area contributed by atoms with Crippen LogP contribution >= 0.6 is 41.2 Å². The number of nitrogens with zero attached hydrogens (tertiary/aromatic N) is 5. The Balaban J connectivity index is 1.65. The Morgan fingerprint density at radius 2 is 1.93 bits per heavy atom. The molecule has 2 aromatic heterocycles. The Labute approximate surface area is 93.6 Å². The van der Waals surface area contributed by atoms with Crippen LogP contribution in [0.15, 0.2) is 16.6 Å². The molecule has 0 saturated carbocycles. The van der Waals surface area contributed by atoms with Gasteiger partial charge in [0.25, 0.3) is 0 Å². The number of hydrogen-bond donors (Lipinski definition) is 2. The third-order valence-electron chi connectivity index (χ3n) is 0.964. The second kappa shape index (κ2) is 5.48. The van der Waals surface area contributed by atoms with E-state index in [9.17, 15) is 0 Å². The SMILES string of the molecule is c1nc(SSSSc2nn[nH]n2)n[nH]1. The van der Waals surface area contributed by atoms with Crippen molar-refractivity contribution in [1.82, 2.24) is 35.8 Å². The lowest BCUT2D eigenvalue weighted by Crippen LogP contribution is -1.69. The molecule has 2 heterocycles. The van der Waals surface area contributed by atoms with Crippen LogP contribution in [0.1, 0.15) is 0 Å². The molecule has 0 bridgehead atoms. The lowest BCUT2D eigenvalue weighted by molar-refractivity contribution is 0.881. The zero-order valence-corrected chi connectivity index (χ0v) is 9.71. The van der Waals surface area contributed by atoms with Crippen molar-refractivity contribution in [2.45, 2.75) is 10.3 Å². The van der Waals surface area contributed by atoms with E-state index >= 15 is 0 Å². The molecule has 2 rings (SSSR count). The number of nitrogens with one attached hydrogen (secondary N) is 2. The molecular weight excluding hydrogens is 262 g/mol. The number of H-pyrrole nitrogens is 2. The zero-order chi connectivity index (χ0) is 9.64. The molecule has 14 heavy (non-hydrogen) atoms. The predicted molar refractivity (Wildman–Crippen MR) is 57.5 cm³/mol. The van der Waals surface area contributed by atoms with E-state index in [2.05, 4.69) is 35.8 Å². The van der Waals surface area contributed by atoms with Gasteiger partial charge in [-0.2, -0.15) is 5.21 Å². The van der Waals surface area contributed by atoms with Gasteiger partial charge in [0.05, 0.1) is 0 Å². The van der Waals surface area contributed by atoms with Crippen molar-refractivity contribution in [3.05, 3.63) is 6.33 Å². The van der Waals surface area contributed by atoms with Crippen LogP contribution < -0.4 is 0 Å². The highest BCUT2D eigenvalue weighted by Crippen LogP contribution is 2.47. The van der Waals surface area contributed by atoms with Crippen LogP contribution in [-0.4, -0.2) is 35.8 Å². The van der Waals surface area contributed by atoms with E-state index in [1.165, 1.54) is 41.2 Å². The normalized spacial score (nSPS) is 10.6. The Morgan fingerprint density at radius 3 is 2.57 bits per heavy atom. The number of aromatic amines is 2. The van der Waals surface area contributed by atoms with Gasteiger partial charge in [0.1, 0.15) is 6.33 Å². The molecule has 0 atom stereocenters. The van der Waals surface area contributed by atoms with Crippen molar-refractivity contribution in [3.8, 4) is 0 Å². The van der Waals surface area contributed by atoms with E-state index in [0.717, 1.165) is 0 Å². The first-order chi connectivity index (χ1) is 6.95. The van der Waals surface area contributed by atoms with E-state index in [4.69, 9.17) is 0 Å². The number of rotatable bonds is 5. The number of hydrogen-bond acceptors (Lipinski definition) is 9. The van der Waals surface area contributed by atoms with E-state index in [1.54, 1.807) is 6.33 Å². The van der Waals surface area contributed by atoms with Gasteiger partial charge in [0.2, 0.25) is 10.3 Å². The van der Waals surface area contributed by atoms with Gasteiger partial charge in [0, 0.05) is 0 Å². The van der Waals surface area contributed by atoms with Crippen LogP contribution in [0.5, 0.6) is 0 Å². The second-order valence-electron chi connectivity index (χ2n) is 1.78. The topological polar surface area (TPSA) is 96.0 Å². The molecule has 0 aliphatic heterocycles. The summed E-state index contributed by atoms with van der Waals surface area (Å²) in [7, 11) is 5.96. The molecule has 0 amide bonds. The molecule has 0 aliphatic rings. The third kappa shape index (κ3) is 3.08. The summed E-state index contributed by atoms with van der Waals surface area (Å²) in [5.41, 5.74) is 0. The van der Waals surface area contributed by atoms with Gasteiger partial charge < -0.3 is 0 Å². The second-order valence-corrected chi connectivity index (χ2v) is 7.38. The molecule has 7 nitrogen and oxygen atoms in total. The first kappa shape index (κ1) is 10.1. The van der Waals surface area contributed by atoms with Crippen LogP contribution in [-0.2, 0) is 0 Å². The minimum absolute atomic E-state index is 0.609. The standard InChI is InChI=1S/C3H3N7S4/c1-4-2(6-5-1)11-13-14-12-3-7-9-10-8-3/h1H,(H,4,5,6)(H,7,8,9,10). The molecule has 0 spiro atoms. The van der Waals surface area contributed by atoms with Gasteiger partial charge in [-0.15, -0.1) is 15.3 Å². The lowest BCUT2D eigenvalue weighted by Gasteiger charge is -1.91. The molecule has 2 aromatic rings. The Bertz CT molecular complexity index is 309. The average molecular weight is 265 g/mol. The third-order valence-corrected chi connectivity index (χ3v) is 6.52. The molecule has 0 fully saturated rings. The largest absolute Gasteiger partial charge is 0.265 e. The fourth-order valence-corrected chi connectivity index (χ4v) is 5.11. The molecule has 0 aliphatic carbocycles. The van der Waals surface area contributed by atoms with Crippen LogP contribution in [0.2, 0.25) is 0 Å². The highest BCUT2D eigenvalue weighted by atomic mass is 33.7. The van der Waals surface area contributed by atoms with Crippen LogP contribution in [0.3, 0.4) is 0 Å². The Morgan fingerprint density at radius 1 is 1.07 bits per heavy atom. The first-order valence-electron chi connectivity index (χ1n) is 3.22. The fourth-order valence-electron chi connectivity index (χ4n) is 0.514. The zero-order valence-electron chi connectivity index (χ0n) is 6.45. The fraction of sp³-hybridized carbons (Fsp3) is 0. The van der Waals surface area contributed by atoms with Crippen molar-refractivity contribution in [3.63, 3.8) is 0 Å². The van der Waals surface area contributed by atoms with Gasteiger partial charge in [0.15, 0.2) is 0 Å². The van der Waals surface area contributed by atoms with E-state index < -0.39 is 0 Å². The summed E-state index contributed by atoms with van der Waals surface area (Å²) in [5.74, 6) is 0. The van der Waals surface area contributed by atoms with Gasteiger partial charge in [-0.05, 0) is 46.5 Å². The van der Waals surface area contributed by atoms with Crippen LogP contribution in [0, 0.1) is 0 Å². The molecule has 0 aromatic carbocycles. The highest BCUT2D eigenvalue weighted by molar-refractivity contribution is 9.26. The van der Waals surface area contributed by atoms with Crippen LogP contribution in [0.25, 0.3) is 0 Å². The van der Waals surface area contributed by atoms with Gasteiger partial charge in [-0.3, -0.25) is 5.10 Å². The highest BCUT2D eigenvalue weighted by Gasteiger charge is 2.02. The summed E-state index contributed by atoms with van der Waals surface area (Å²) in [6, 6.07) is 0. The van der Waals surface area contributed by atoms with Crippen molar-refractivity contribution in [2.75, 3.05) is 0 Å². The first-order valence-corrected chi connectivity index (χ1v) is 8.04. The maximum Gasteiger partial charge on any atom is 0.242 e. The predicted octanol–water partition coefficient (Wildman–Crippen LogP) is 1.41. The summed E-state index contributed by atoms with van der Waals surface area (Å²) >= 11 is 0. The molecule has 74 valence electrons. The van der Waals surface area contributed by atoms with Crippen molar-refractivity contribution in [1.29, 1.82) is 0 Å². The van der Waals surface area contributed by atoms with E-state index in [0.29, 0.717) is 10.3 Å². The monoisotopic (exact) mass is 265 g/mol. The maximum atomic E-state index is 3.95. The van der Waals surface area contributed by atoms with Crippen molar-refractivity contribution < 1.29 is 0 Å². The minimum atomic E-state index is 0.609. The summed E-state index contributed by atoms with van der Waals surface area (Å²) in [4.78, 5) is 3.95. The summed E-state index contributed by atoms with van der Waals surface area (Å²) in [5, 5.41) is 21.2. The van der Waals surface area contributed by atoms with Gasteiger partial charge >= 0.3 is 0 Å².